The zero-order valence-electron chi connectivity index (χ0n) is 14.3. The Balaban J connectivity index is 1.55. The summed E-state index contributed by atoms with van der Waals surface area (Å²) in [6.07, 6.45) is -4.75. The van der Waals surface area contributed by atoms with Crippen LogP contribution in [0.2, 0.25) is 0 Å². The molecule has 0 atom stereocenters. The van der Waals surface area contributed by atoms with E-state index in [4.69, 9.17) is 0 Å². The maximum atomic E-state index is 12.2. The van der Waals surface area contributed by atoms with Crippen LogP contribution in [-0.4, -0.2) is 38.3 Å². The number of benzene rings is 2. The highest BCUT2D eigenvalue weighted by molar-refractivity contribution is 8.01. The summed E-state index contributed by atoms with van der Waals surface area (Å²) in [6.45, 7) is 0. The van der Waals surface area contributed by atoms with Gasteiger partial charge in [-0.2, -0.15) is 0 Å². The topological polar surface area (TPSA) is 105 Å². The van der Waals surface area contributed by atoms with Crippen molar-refractivity contribution in [2.24, 2.45) is 0 Å². The number of aromatic nitrogens is 2. The Morgan fingerprint density at radius 3 is 2.48 bits per heavy atom. The highest BCUT2D eigenvalue weighted by Gasteiger charge is 2.30. The van der Waals surface area contributed by atoms with Gasteiger partial charge >= 0.3 is 6.36 Å². The molecule has 0 aliphatic rings. The SMILES string of the molecule is O=C(CSc1nnc(Nc2ccc(OC(F)(F)F)cc2)s1)c1ccc(O)c(O)c1. The number of alkyl halides is 3. The number of aromatic hydroxyl groups is 2. The Hall–Kier alpha value is -2.99. The van der Waals surface area contributed by atoms with E-state index in [0.717, 1.165) is 35.2 Å². The zero-order chi connectivity index (χ0) is 21.0. The van der Waals surface area contributed by atoms with E-state index in [1.54, 1.807) is 0 Å². The van der Waals surface area contributed by atoms with E-state index in [0.29, 0.717) is 15.2 Å². The second-order valence-corrected chi connectivity index (χ2v) is 7.69. The van der Waals surface area contributed by atoms with Gasteiger partial charge in [0.1, 0.15) is 5.75 Å². The largest absolute Gasteiger partial charge is 0.573 e. The summed E-state index contributed by atoms with van der Waals surface area (Å²) >= 11 is 2.30. The maximum absolute atomic E-state index is 12.2. The zero-order valence-corrected chi connectivity index (χ0v) is 15.9. The summed E-state index contributed by atoms with van der Waals surface area (Å²) in [6, 6.07) is 8.93. The van der Waals surface area contributed by atoms with Crippen LogP contribution in [0, 0.1) is 0 Å². The fraction of sp³-hybridized carbons (Fsp3) is 0.118. The number of nitrogens with one attached hydrogen (secondary N) is 1. The molecule has 152 valence electrons. The fourth-order valence-electron chi connectivity index (χ4n) is 2.09. The van der Waals surface area contributed by atoms with Gasteiger partial charge in [0.2, 0.25) is 5.13 Å². The number of Topliss-reactive ketones (excluding diaryl/α,β-unsaturated/α-hetero) is 1. The molecule has 2 aromatic carbocycles. The quantitative estimate of drug-likeness (QED) is 0.277. The van der Waals surface area contributed by atoms with Gasteiger partial charge in [-0.05, 0) is 42.5 Å². The third-order valence-electron chi connectivity index (χ3n) is 3.37. The lowest BCUT2D eigenvalue weighted by Gasteiger charge is -2.09. The van der Waals surface area contributed by atoms with Crippen LogP contribution in [-0.2, 0) is 0 Å². The molecule has 0 radical (unpaired) electrons. The minimum absolute atomic E-state index is 0.0440. The van der Waals surface area contributed by atoms with E-state index < -0.39 is 6.36 Å². The fourth-order valence-corrected chi connectivity index (χ4v) is 3.76. The van der Waals surface area contributed by atoms with Crippen molar-refractivity contribution in [1.29, 1.82) is 0 Å². The molecule has 0 bridgehead atoms. The smallest absolute Gasteiger partial charge is 0.504 e. The Kier molecular flexibility index (Phi) is 6.13. The van der Waals surface area contributed by atoms with Gasteiger partial charge in [-0.1, -0.05) is 23.1 Å². The molecule has 0 saturated carbocycles. The number of halogens is 3. The number of carbonyl (C=O) groups is 1. The second kappa shape index (κ2) is 8.57. The lowest BCUT2D eigenvalue weighted by Crippen LogP contribution is -2.16. The molecule has 0 saturated heterocycles. The highest BCUT2D eigenvalue weighted by Crippen LogP contribution is 2.30. The van der Waals surface area contributed by atoms with Crippen molar-refractivity contribution in [2.45, 2.75) is 10.7 Å². The van der Waals surface area contributed by atoms with E-state index in [-0.39, 0.29) is 34.3 Å². The average Bonchev–Trinajstić information content (AvgIpc) is 3.10. The molecule has 0 spiro atoms. The number of ketones is 1. The first-order valence-corrected chi connectivity index (χ1v) is 9.64. The first-order chi connectivity index (χ1) is 13.7. The van der Waals surface area contributed by atoms with Gasteiger partial charge in [0.25, 0.3) is 0 Å². The standard InChI is InChI=1S/C17H12F3N3O4S2/c18-17(19,20)27-11-4-2-10(3-5-11)21-15-22-23-16(29-15)28-8-14(26)9-1-6-12(24)13(25)7-9/h1-7,24-25H,8H2,(H,21,22). The predicted molar refractivity (Wildman–Crippen MR) is 101 cm³/mol. The molecule has 12 heteroatoms. The second-order valence-electron chi connectivity index (χ2n) is 5.49. The van der Waals surface area contributed by atoms with Crippen LogP contribution >= 0.6 is 23.1 Å². The highest BCUT2D eigenvalue weighted by atomic mass is 32.2. The van der Waals surface area contributed by atoms with Crippen molar-refractivity contribution >= 4 is 39.7 Å². The molecule has 7 nitrogen and oxygen atoms in total. The third kappa shape index (κ3) is 5.99. The van der Waals surface area contributed by atoms with Crippen LogP contribution in [0.25, 0.3) is 0 Å². The monoisotopic (exact) mass is 443 g/mol. The molecule has 29 heavy (non-hydrogen) atoms. The number of phenolic OH excluding ortho intramolecular Hbond substituents is 2. The van der Waals surface area contributed by atoms with E-state index in [1.807, 2.05) is 0 Å². The minimum Gasteiger partial charge on any atom is -0.504 e. The van der Waals surface area contributed by atoms with Crippen LogP contribution < -0.4 is 10.1 Å². The van der Waals surface area contributed by atoms with Crippen LogP contribution in [0.5, 0.6) is 17.2 Å². The summed E-state index contributed by atoms with van der Waals surface area (Å²) in [5.74, 6) is -1.25. The molecule has 3 aromatic rings. The first-order valence-electron chi connectivity index (χ1n) is 7.84. The lowest BCUT2D eigenvalue weighted by molar-refractivity contribution is -0.274. The van der Waals surface area contributed by atoms with Crippen molar-refractivity contribution in [3.63, 3.8) is 0 Å². The number of anilines is 2. The van der Waals surface area contributed by atoms with Crippen molar-refractivity contribution < 1.29 is 32.9 Å². The molecule has 0 aliphatic carbocycles. The van der Waals surface area contributed by atoms with Crippen molar-refractivity contribution in [3.05, 3.63) is 48.0 Å². The van der Waals surface area contributed by atoms with Crippen LogP contribution in [0.4, 0.5) is 24.0 Å². The molecule has 1 heterocycles. The van der Waals surface area contributed by atoms with Crippen molar-refractivity contribution in [2.75, 3.05) is 11.1 Å². The van der Waals surface area contributed by atoms with E-state index >= 15 is 0 Å². The summed E-state index contributed by atoms with van der Waals surface area (Å²) in [4.78, 5) is 12.1. The van der Waals surface area contributed by atoms with Gasteiger partial charge in [-0.15, -0.1) is 23.4 Å². The van der Waals surface area contributed by atoms with Crippen LogP contribution in [0.3, 0.4) is 0 Å². The molecule has 1 aromatic heterocycles. The molecule has 0 amide bonds. The maximum Gasteiger partial charge on any atom is 0.573 e. The van der Waals surface area contributed by atoms with E-state index in [9.17, 15) is 28.2 Å². The average molecular weight is 443 g/mol. The number of thioether (sulfide) groups is 1. The Labute approximate surface area is 170 Å². The number of hydrogen-bond donors (Lipinski definition) is 3. The number of ether oxygens (including phenoxy) is 1. The summed E-state index contributed by atoms with van der Waals surface area (Å²) < 4.78 is 40.8. The van der Waals surface area contributed by atoms with Gasteiger partial charge in [-0.25, -0.2) is 0 Å². The summed E-state index contributed by atoms with van der Waals surface area (Å²) in [5.41, 5.74) is 0.736. The Morgan fingerprint density at radius 1 is 1.10 bits per heavy atom. The number of rotatable bonds is 7. The number of hydrogen-bond acceptors (Lipinski definition) is 9. The molecular formula is C17H12F3N3O4S2. The van der Waals surface area contributed by atoms with Gasteiger partial charge in [0.05, 0.1) is 5.75 Å². The van der Waals surface area contributed by atoms with Crippen molar-refractivity contribution in [3.8, 4) is 17.2 Å². The Morgan fingerprint density at radius 2 is 1.83 bits per heavy atom. The molecular weight excluding hydrogens is 431 g/mol. The molecule has 0 unspecified atom stereocenters. The van der Waals surface area contributed by atoms with Gasteiger partial charge in [0.15, 0.2) is 21.6 Å². The predicted octanol–water partition coefficient (Wildman–Crippen LogP) is 4.57. The number of nitrogens with zero attached hydrogens (tertiary/aromatic N) is 2. The summed E-state index contributed by atoms with van der Waals surface area (Å²) in [7, 11) is 0. The summed E-state index contributed by atoms with van der Waals surface area (Å²) in [5, 5.41) is 29.9. The van der Waals surface area contributed by atoms with Gasteiger partial charge in [0, 0.05) is 11.3 Å². The minimum atomic E-state index is -4.75. The number of carbonyl (C=O) groups excluding carboxylic acids is 1. The van der Waals surface area contributed by atoms with Gasteiger partial charge < -0.3 is 20.3 Å². The Bertz CT molecular complexity index is 1010. The van der Waals surface area contributed by atoms with E-state index in [2.05, 4.69) is 20.3 Å². The molecule has 0 fully saturated rings. The van der Waals surface area contributed by atoms with Gasteiger partial charge in [-0.3, -0.25) is 4.79 Å². The lowest BCUT2D eigenvalue weighted by atomic mass is 10.1. The van der Waals surface area contributed by atoms with Crippen LogP contribution in [0.15, 0.2) is 46.8 Å². The van der Waals surface area contributed by atoms with Crippen molar-refractivity contribution in [1.82, 2.24) is 10.2 Å². The number of phenols is 2. The molecule has 3 N–H and O–H groups in total. The normalized spacial score (nSPS) is 11.3. The molecule has 3 rings (SSSR count). The molecule has 0 aliphatic heterocycles. The van der Waals surface area contributed by atoms with E-state index in [1.165, 1.54) is 30.3 Å². The first kappa shape index (κ1) is 20.7. The van der Waals surface area contributed by atoms with Crippen LogP contribution in [0.1, 0.15) is 10.4 Å². The third-order valence-corrected chi connectivity index (χ3v) is 5.34.